The molecule has 0 heterocycles. The van der Waals surface area contributed by atoms with Crippen molar-refractivity contribution in [3.05, 3.63) is 71.8 Å². The SMILES string of the molecule is CCCC(C)C(Cc1ccccc1)(c1ccccc1)C1CCC1. The van der Waals surface area contributed by atoms with Crippen LogP contribution in [-0.2, 0) is 11.8 Å². The molecule has 0 heteroatoms. The predicted molar refractivity (Wildman–Crippen MR) is 99.7 cm³/mol. The molecule has 2 unspecified atom stereocenters. The summed E-state index contributed by atoms with van der Waals surface area (Å²) in [5.41, 5.74) is 3.36. The fourth-order valence-corrected chi connectivity index (χ4v) is 4.64. The summed E-state index contributed by atoms with van der Waals surface area (Å²) in [4.78, 5) is 0. The maximum absolute atomic E-state index is 2.50. The van der Waals surface area contributed by atoms with Crippen molar-refractivity contribution < 1.29 is 0 Å². The van der Waals surface area contributed by atoms with Gasteiger partial charge in [0.15, 0.2) is 0 Å². The summed E-state index contributed by atoms with van der Waals surface area (Å²) in [6, 6.07) is 22.5. The van der Waals surface area contributed by atoms with Gasteiger partial charge in [-0.2, -0.15) is 0 Å². The van der Waals surface area contributed by atoms with Crippen molar-refractivity contribution in [3.8, 4) is 0 Å². The number of hydrogen-bond acceptors (Lipinski definition) is 0. The highest BCUT2D eigenvalue weighted by atomic mass is 14.5. The molecule has 2 aromatic rings. The van der Waals surface area contributed by atoms with Gasteiger partial charge in [-0.05, 0) is 42.2 Å². The second-order valence-corrected chi connectivity index (χ2v) is 7.39. The van der Waals surface area contributed by atoms with Crippen LogP contribution in [0.15, 0.2) is 60.7 Å². The smallest absolute Gasteiger partial charge is 0.00471 e. The molecule has 1 fully saturated rings. The minimum absolute atomic E-state index is 0.302. The molecule has 0 amide bonds. The highest BCUT2D eigenvalue weighted by Gasteiger charge is 2.46. The molecule has 0 nitrogen and oxygen atoms in total. The first kappa shape index (κ1) is 16.3. The average Bonchev–Trinajstić information content (AvgIpc) is 2.54. The van der Waals surface area contributed by atoms with Crippen molar-refractivity contribution in [2.45, 2.75) is 57.8 Å². The van der Waals surface area contributed by atoms with E-state index in [1.165, 1.54) is 44.1 Å². The van der Waals surface area contributed by atoms with Crippen LogP contribution in [0.2, 0.25) is 0 Å². The van der Waals surface area contributed by atoms with Crippen LogP contribution >= 0.6 is 0 Å². The topological polar surface area (TPSA) is 0 Å². The first-order valence-electron chi connectivity index (χ1n) is 9.37. The van der Waals surface area contributed by atoms with Crippen LogP contribution in [0, 0.1) is 11.8 Å². The molecule has 122 valence electrons. The molecule has 0 radical (unpaired) electrons. The fraction of sp³-hybridized carbons (Fsp3) is 0.478. The Bertz CT molecular complexity index is 582. The molecule has 1 aliphatic rings. The highest BCUT2D eigenvalue weighted by molar-refractivity contribution is 5.32. The summed E-state index contributed by atoms with van der Waals surface area (Å²) in [6.45, 7) is 4.83. The number of hydrogen-bond donors (Lipinski definition) is 0. The number of benzene rings is 2. The Morgan fingerprint density at radius 1 is 0.957 bits per heavy atom. The van der Waals surface area contributed by atoms with E-state index in [4.69, 9.17) is 0 Å². The van der Waals surface area contributed by atoms with Crippen molar-refractivity contribution in [2.24, 2.45) is 11.8 Å². The summed E-state index contributed by atoms with van der Waals surface area (Å²) >= 11 is 0. The van der Waals surface area contributed by atoms with Gasteiger partial charge in [-0.1, -0.05) is 93.8 Å². The van der Waals surface area contributed by atoms with E-state index in [-0.39, 0.29) is 0 Å². The van der Waals surface area contributed by atoms with Crippen LogP contribution in [-0.4, -0.2) is 0 Å². The van der Waals surface area contributed by atoms with Crippen LogP contribution in [0.4, 0.5) is 0 Å². The second-order valence-electron chi connectivity index (χ2n) is 7.39. The van der Waals surface area contributed by atoms with E-state index in [9.17, 15) is 0 Å². The van der Waals surface area contributed by atoms with Crippen LogP contribution in [0.1, 0.15) is 57.1 Å². The van der Waals surface area contributed by atoms with E-state index in [0.717, 1.165) is 11.8 Å². The molecular formula is C23H30. The molecule has 0 aliphatic heterocycles. The normalized spacial score (nSPS) is 18.9. The first-order chi connectivity index (χ1) is 11.3. The van der Waals surface area contributed by atoms with E-state index < -0.39 is 0 Å². The van der Waals surface area contributed by atoms with Gasteiger partial charge in [0.1, 0.15) is 0 Å². The Hall–Kier alpha value is -1.56. The van der Waals surface area contributed by atoms with Gasteiger partial charge in [0.25, 0.3) is 0 Å². The predicted octanol–water partition coefficient (Wildman–Crippen LogP) is 6.40. The standard InChI is InChI=1S/C23H30/c1-3-11-19(2)23(22-16-10-17-22,21-14-8-5-9-15-21)18-20-12-6-4-7-13-20/h4-9,12-15,19,22H,3,10-11,16-18H2,1-2H3. The Kier molecular flexibility index (Phi) is 5.20. The van der Waals surface area contributed by atoms with E-state index in [1.54, 1.807) is 5.56 Å². The van der Waals surface area contributed by atoms with Gasteiger partial charge in [0.05, 0.1) is 0 Å². The van der Waals surface area contributed by atoms with Gasteiger partial charge in [-0.25, -0.2) is 0 Å². The van der Waals surface area contributed by atoms with E-state index in [1.807, 2.05) is 0 Å². The van der Waals surface area contributed by atoms with Crippen LogP contribution in [0.3, 0.4) is 0 Å². The van der Waals surface area contributed by atoms with Crippen molar-refractivity contribution in [1.29, 1.82) is 0 Å². The summed E-state index contributed by atoms with van der Waals surface area (Å²) in [5.74, 6) is 1.56. The number of rotatable bonds is 7. The summed E-state index contributed by atoms with van der Waals surface area (Å²) in [5, 5.41) is 0. The zero-order valence-corrected chi connectivity index (χ0v) is 14.7. The molecule has 3 rings (SSSR count). The average molecular weight is 306 g/mol. The Balaban J connectivity index is 2.05. The molecule has 0 saturated heterocycles. The third-order valence-corrected chi connectivity index (χ3v) is 6.09. The van der Waals surface area contributed by atoms with E-state index in [2.05, 4.69) is 74.5 Å². The van der Waals surface area contributed by atoms with Crippen LogP contribution in [0.25, 0.3) is 0 Å². The van der Waals surface area contributed by atoms with Crippen molar-refractivity contribution in [3.63, 3.8) is 0 Å². The van der Waals surface area contributed by atoms with Crippen molar-refractivity contribution in [1.82, 2.24) is 0 Å². The Labute approximate surface area is 141 Å². The van der Waals surface area contributed by atoms with Gasteiger partial charge < -0.3 is 0 Å². The molecule has 1 saturated carbocycles. The van der Waals surface area contributed by atoms with Gasteiger partial charge in [0, 0.05) is 5.41 Å². The molecule has 2 atom stereocenters. The largest absolute Gasteiger partial charge is 0.0654 e. The van der Waals surface area contributed by atoms with Crippen LogP contribution < -0.4 is 0 Å². The maximum atomic E-state index is 2.50. The molecule has 0 bridgehead atoms. The summed E-state index contributed by atoms with van der Waals surface area (Å²) < 4.78 is 0. The molecule has 23 heavy (non-hydrogen) atoms. The van der Waals surface area contributed by atoms with Gasteiger partial charge in [-0.15, -0.1) is 0 Å². The minimum atomic E-state index is 0.302. The lowest BCUT2D eigenvalue weighted by Crippen LogP contribution is -2.46. The molecule has 0 aromatic heterocycles. The lowest BCUT2D eigenvalue weighted by molar-refractivity contribution is 0.0986. The fourth-order valence-electron chi connectivity index (χ4n) is 4.64. The Morgan fingerprint density at radius 3 is 2.09 bits per heavy atom. The van der Waals surface area contributed by atoms with E-state index in [0.29, 0.717) is 5.41 Å². The quantitative estimate of drug-likeness (QED) is 0.555. The maximum Gasteiger partial charge on any atom is 0.00471 e. The first-order valence-corrected chi connectivity index (χ1v) is 9.37. The summed E-state index contributed by atoms with van der Waals surface area (Å²) in [7, 11) is 0. The van der Waals surface area contributed by atoms with Gasteiger partial charge in [0.2, 0.25) is 0 Å². The zero-order chi connectivity index (χ0) is 16.1. The highest BCUT2D eigenvalue weighted by Crippen LogP contribution is 2.51. The van der Waals surface area contributed by atoms with Crippen molar-refractivity contribution >= 4 is 0 Å². The lowest BCUT2D eigenvalue weighted by atomic mass is 9.54. The van der Waals surface area contributed by atoms with E-state index >= 15 is 0 Å². The molecule has 0 spiro atoms. The molecular weight excluding hydrogens is 276 g/mol. The molecule has 0 N–H and O–H groups in total. The summed E-state index contributed by atoms with van der Waals surface area (Å²) in [6.07, 6.45) is 7.98. The van der Waals surface area contributed by atoms with Crippen LogP contribution in [0.5, 0.6) is 0 Å². The lowest BCUT2D eigenvalue weighted by Gasteiger charge is -2.50. The van der Waals surface area contributed by atoms with Gasteiger partial charge in [-0.3, -0.25) is 0 Å². The third-order valence-electron chi connectivity index (χ3n) is 6.09. The minimum Gasteiger partial charge on any atom is -0.0654 e. The third kappa shape index (κ3) is 3.22. The zero-order valence-electron chi connectivity index (χ0n) is 14.7. The second kappa shape index (κ2) is 7.34. The Morgan fingerprint density at radius 2 is 1.57 bits per heavy atom. The van der Waals surface area contributed by atoms with Gasteiger partial charge >= 0.3 is 0 Å². The molecule has 2 aromatic carbocycles. The molecule has 1 aliphatic carbocycles. The van der Waals surface area contributed by atoms with Crippen molar-refractivity contribution in [2.75, 3.05) is 0 Å². The monoisotopic (exact) mass is 306 g/mol.